The molecule has 0 aromatic carbocycles. The second-order valence-corrected chi connectivity index (χ2v) is 6.07. The molecule has 0 spiro atoms. The van der Waals surface area contributed by atoms with Crippen molar-refractivity contribution < 1.29 is 44.4 Å². The minimum atomic E-state index is -1.54. The first-order chi connectivity index (χ1) is 12.9. The number of hydrogen-bond donors (Lipinski definition) is 8. The molecule has 0 rings (SSSR count). The van der Waals surface area contributed by atoms with E-state index in [1.807, 2.05) is 5.32 Å². The molecule has 0 saturated carbocycles. The van der Waals surface area contributed by atoms with Crippen LogP contribution in [0.15, 0.2) is 0 Å². The van der Waals surface area contributed by atoms with E-state index >= 15 is 0 Å². The zero-order valence-corrected chi connectivity index (χ0v) is 15.4. The van der Waals surface area contributed by atoms with Gasteiger partial charge in [0.2, 0.25) is 17.7 Å². The van der Waals surface area contributed by atoms with Gasteiger partial charge in [0.1, 0.15) is 24.2 Å². The fraction of sp³-hybridized carbons (Fsp3) is 0.667. The minimum absolute atomic E-state index is 0.397. The molecule has 0 aromatic heterocycles. The molecule has 28 heavy (non-hydrogen) atoms. The van der Waals surface area contributed by atoms with E-state index in [-0.39, 0.29) is 0 Å². The standard InChI is InChI=1S/C15H26N4O9/c1-6(17-14(26)11(16)7(2)21)12(24)19-9(5-20)13(25)18-8(15(27)28)3-4-10(22)23/h6-9,11,20-21H,3-5,16H2,1-2H3,(H,17,26)(H,18,25)(H,19,24)(H,22,23)(H,27,28). The van der Waals surface area contributed by atoms with Crippen molar-refractivity contribution in [2.45, 2.75) is 57.0 Å². The fourth-order valence-corrected chi connectivity index (χ4v) is 1.88. The summed E-state index contributed by atoms with van der Waals surface area (Å²) in [4.78, 5) is 57.5. The van der Waals surface area contributed by atoms with E-state index in [0.717, 1.165) is 0 Å². The fourth-order valence-electron chi connectivity index (χ4n) is 1.88. The first-order valence-corrected chi connectivity index (χ1v) is 8.30. The van der Waals surface area contributed by atoms with Gasteiger partial charge >= 0.3 is 11.9 Å². The Morgan fingerprint density at radius 3 is 1.86 bits per heavy atom. The van der Waals surface area contributed by atoms with Crippen LogP contribution in [0.5, 0.6) is 0 Å². The Hall–Kier alpha value is -2.77. The van der Waals surface area contributed by atoms with Crippen LogP contribution in [0.2, 0.25) is 0 Å². The van der Waals surface area contributed by atoms with E-state index in [4.69, 9.17) is 15.9 Å². The second-order valence-electron chi connectivity index (χ2n) is 6.07. The molecule has 0 radical (unpaired) electrons. The van der Waals surface area contributed by atoms with Gasteiger partial charge in [-0.15, -0.1) is 0 Å². The first kappa shape index (κ1) is 25.2. The highest BCUT2D eigenvalue weighted by Gasteiger charge is 2.29. The molecule has 0 bridgehead atoms. The SMILES string of the molecule is CC(NC(=O)C(N)C(C)O)C(=O)NC(CO)C(=O)NC(CCC(=O)O)C(=O)O. The quantitative estimate of drug-likeness (QED) is 0.157. The topological polar surface area (TPSA) is 228 Å². The highest BCUT2D eigenvalue weighted by atomic mass is 16.4. The first-order valence-electron chi connectivity index (χ1n) is 8.30. The Morgan fingerprint density at radius 2 is 1.43 bits per heavy atom. The number of aliphatic carboxylic acids is 2. The number of carboxylic acids is 2. The van der Waals surface area contributed by atoms with Crippen molar-refractivity contribution >= 4 is 29.7 Å². The maximum atomic E-state index is 12.1. The summed E-state index contributed by atoms with van der Waals surface area (Å²) in [6.07, 6.45) is -2.07. The van der Waals surface area contributed by atoms with Gasteiger partial charge in [-0.25, -0.2) is 4.79 Å². The zero-order chi connectivity index (χ0) is 22.0. The van der Waals surface area contributed by atoms with E-state index in [0.29, 0.717) is 0 Å². The zero-order valence-electron chi connectivity index (χ0n) is 15.4. The van der Waals surface area contributed by atoms with Gasteiger partial charge in [-0.05, 0) is 20.3 Å². The van der Waals surface area contributed by atoms with Crippen LogP contribution in [0.4, 0.5) is 0 Å². The van der Waals surface area contributed by atoms with Crippen LogP contribution in [-0.2, 0) is 24.0 Å². The van der Waals surface area contributed by atoms with Gasteiger partial charge in [0, 0.05) is 6.42 Å². The summed E-state index contributed by atoms with van der Waals surface area (Å²) in [5.74, 6) is -5.48. The number of carbonyl (C=O) groups is 5. The third kappa shape index (κ3) is 8.75. The predicted molar refractivity (Wildman–Crippen MR) is 92.7 cm³/mol. The van der Waals surface area contributed by atoms with Gasteiger partial charge in [-0.2, -0.15) is 0 Å². The molecule has 0 aliphatic carbocycles. The number of nitrogens with two attached hydrogens (primary N) is 1. The molecular weight excluding hydrogens is 380 g/mol. The highest BCUT2D eigenvalue weighted by Crippen LogP contribution is 2.00. The van der Waals surface area contributed by atoms with Crippen molar-refractivity contribution in [1.82, 2.24) is 16.0 Å². The van der Waals surface area contributed by atoms with E-state index < -0.39 is 79.4 Å². The Morgan fingerprint density at radius 1 is 0.893 bits per heavy atom. The van der Waals surface area contributed by atoms with Crippen LogP contribution in [0.25, 0.3) is 0 Å². The summed E-state index contributed by atoms with van der Waals surface area (Å²) in [7, 11) is 0. The van der Waals surface area contributed by atoms with Gasteiger partial charge in [0.05, 0.1) is 12.7 Å². The molecule has 13 heteroatoms. The average molecular weight is 406 g/mol. The number of rotatable bonds is 12. The Bertz CT molecular complexity index is 596. The van der Waals surface area contributed by atoms with Crippen LogP contribution in [0.1, 0.15) is 26.7 Å². The molecule has 5 atom stereocenters. The summed E-state index contributed by atoms with van der Waals surface area (Å²) < 4.78 is 0. The summed E-state index contributed by atoms with van der Waals surface area (Å²) in [6, 6.07) is -5.53. The van der Waals surface area contributed by atoms with Gasteiger partial charge in [0.15, 0.2) is 0 Å². The van der Waals surface area contributed by atoms with Crippen LogP contribution in [0.3, 0.4) is 0 Å². The maximum Gasteiger partial charge on any atom is 0.326 e. The van der Waals surface area contributed by atoms with Crippen molar-refractivity contribution in [1.29, 1.82) is 0 Å². The summed E-state index contributed by atoms with van der Waals surface area (Å²) >= 11 is 0. The smallest absolute Gasteiger partial charge is 0.326 e. The number of hydrogen-bond acceptors (Lipinski definition) is 8. The molecule has 3 amide bonds. The third-order valence-corrected chi connectivity index (χ3v) is 3.65. The molecular formula is C15H26N4O9. The molecule has 0 aliphatic rings. The average Bonchev–Trinajstić information content (AvgIpc) is 2.60. The van der Waals surface area contributed by atoms with Gasteiger partial charge in [-0.3, -0.25) is 19.2 Å². The van der Waals surface area contributed by atoms with Crippen molar-refractivity contribution in [3.63, 3.8) is 0 Å². The number of amides is 3. The molecule has 0 saturated heterocycles. The normalized spacial score (nSPS) is 16.0. The lowest BCUT2D eigenvalue weighted by Crippen LogP contribution is -2.58. The lowest BCUT2D eigenvalue weighted by atomic mass is 10.1. The van der Waals surface area contributed by atoms with Gasteiger partial charge in [-0.1, -0.05) is 0 Å². The van der Waals surface area contributed by atoms with Crippen LogP contribution in [-0.4, -0.2) is 87.0 Å². The monoisotopic (exact) mass is 406 g/mol. The van der Waals surface area contributed by atoms with Crippen molar-refractivity contribution in [3.8, 4) is 0 Å². The van der Waals surface area contributed by atoms with E-state index in [1.54, 1.807) is 0 Å². The lowest BCUT2D eigenvalue weighted by Gasteiger charge is -2.22. The van der Waals surface area contributed by atoms with Gasteiger partial charge < -0.3 is 42.1 Å². The highest BCUT2D eigenvalue weighted by molar-refractivity contribution is 5.94. The molecule has 0 aliphatic heterocycles. The number of aliphatic hydroxyl groups excluding tert-OH is 2. The van der Waals surface area contributed by atoms with E-state index in [1.165, 1.54) is 13.8 Å². The van der Waals surface area contributed by atoms with Crippen LogP contribution >= 0.6 is 0 Å². The Labute approximate surface area is 160 Å². The number of nitrogens with one attached hydrogen (secondary N) is 3. The number of carbonyl (C=O) groups excluding carboxylic acids is 3. The number of carboxylic acid groups (broad SMARTS) is 2. The number of aliphatic hydroxyl groups is 2. The van der Waals surface area contributed by atoms with E-state index in [2.05, 4.69) is 10.6 Å². The lowest BCUT2D eigenvalue weighted by molar-refractivity contribution is -0.143. The minimum Gasteiger partial charge on any atom is -0.481 e. The largest absolute Gasteiger partial charge is 0.481 e. The molecule has 9 N–H and O–H groups in total. The van der Waals surface area contributed by atoms with Crippen LogP contribution in [0, 0.1) is 0 Å². The molecule has 13 nitrogen and oxygen atoms in total. The Balaban J connectivity index is 4.85. The molecule has 160 valence electrons. The molecule has 0 heterocycles. The third-order valence-electron chi connectivity index (χ3n) is 3.65. The second kappa shape index (κ2) is 11.8. The summed E-state index contributed by atoms with van der Waals surface area (Å²) in [6.45, 7) is 1.67. The van der Waals surface area contributed by atoms with Gasteiger partial charge in [0.25, 0.3) is 0 Å². The Kier molecular flexibility index (Phi) is 10.7. The maximum absolute atomic E-state index is 12.1. The molecule has 0 aromatic rings. The summed E-state index contributed by atoms with van der Waals surface area (Å²) in [5.41, 5.74) is 5.42. The predicted octanol–water partition coefficient (Wildman–Crippen LogP) is -3.89. The summed E-state index contributed by atoms with van der Waals surface area (Å²) in [5, 5.41) is 42.5. The van der Waals surface area contributed by atoms with Crippen molar-refractivity contribution in [3.05, 3.63) is 0 Å². The molecule has 0 fully saturated rings. The van der Waals surface area contributed by atoms with Crippen LogP contribution < -0.4 is 21.7 Å². The molecule has 5 unspecified atom stereocenters. The van der Waals surface area contributed by atoms with Crippen molar-refractivity contribution in [2.75, 3.05) is 6.61 Å². The van der Waals surface area contributed by atoms with Crippen molar-refractivity contribution in [2.24, 2.45) is 5.73 Å². The van der Waals surface area contributed by atoms with E-state index in [9.17, 15) is 34.2 Å².